The number of aliphatic imine (C=N–C) groups is 1. The maximum Gasteiger partial charge on any atom is 0.266 e. The number of hydrogen-bond acceptors (Lipinski definition) is 4. The summed E-state index contributed by atoms with van der Waals surface area (Å²) in [5.41, 5.74) is 3.94. The number of thioether (sulfide) groups is 1. The summed E-state index contributed by atoms with van der Waals surface area (Å²) >= 11 is 1.39. The standard InChI is InChI=1S/C24H20N2O2S/c1-26-23(27)22(29-24(26)25-20-11-4-3-5-12-20)15-17-8-6-9-18(14-17)19-10-7-13-21(16-19)28-2/h3-16H,1-2H3/b22-15-,25-24?. The lowest BCUT2D eigenvalue weighted by Gasteiger charge is -2.07. The molecular weight excluding hydrogens is 380 g/mol. The molecule has 1 amide bonds. The monoisotopic (exact) mass is 400 g/mol. The fourth-order valence-corrected chi connectivity index (χ4v) is 4.01. The van der Waals surface area contributed by atoms with Crippen molar-refractivity contribution in [3.05, 3.63) is 89.3 Å². The van der Waals surface area contributed by atoms with E-state index in [1.165, 1.54) is 11.8 Å². The fraction of sp³-hybridized carbons (Fsp3) is 0.0833. The Hall–Kier alpha value is -3.31. The van der Waals surface area contributed by atoms with Crippen molar-refractivity contribution in [2.75, 3.05) is 14.2 Å². The lowest BCUT2D eigenvalue weighted by atomic mass is 10.0. The second kappa shape index (κ2) is 8.37. The minimum atomic E-state index is -0.0449. The van der Waals surface area contributed by atoms with Crippen LogP contribution in [0.25, 0.3) is 17.2 Å². The SMILES string of the molecule is COc1cccc(-c2cccc(/C=C3\SC(=Nc4ccccc4)N(C)C3=O)c2)c1. The van der Waals surface area contributed by atoms with Crippen LogP contribution in [0.1, 0.15) is 5.56 Å². The minimum absolute atomic E-state index is 0.0449. The molecule has 1 aliphatic heterocycles. The number of nitrogens with zero attached hydrogens (tertiary/aromatic N) is 2. The Balaban J connectivity index is 1.63. The van der Waals surface area contributed by atoms with Gasteiger partial charge in [-0.3, -0.25) is 9.69 Å². The van der Waals surface area contributed by atoms with Gasteiger partial charge < -0.3 is 4.74 Å². The number of para-hydroxylation sites is 1. The summed E-state index contributed by atoms with van der Waals surface area (Å²) in [5, 5.41) is 0.677. The topological polar surface area (TPSA) is 41.9 Å². The Morgan fingerprint density at radius 3 is 2.41 bits per heavy atom. The van der Waals surface area contributed by atoms with E-state index in [4.69, 9.17) is 4.74 Å². The zero-order chi connectivity index (χ0) is 20.2. The van der Waals surface area contributed by atoms with Crippen LogP contribution in [-0.2, 0) is 4.79 Å². The summed E-state index contributed by atoms with van der Waals surface area (Å²) in [4.78, 5) is 19.5. The van der Waals surface area contributed by atoms with Gasteiger partial charge >= 0.3 is 0 Å². The van der Waals surface area contributed by atoms with Gasteiger partial charge in [0.1, 0.15) is 5.75 Å². The lowest BCUT2D eigenvalue weighted by Crippen LogP contribution is -2.23. The highest BCUT2D eigenvalue weighted by Crippen LogP contribution is 2.34. The zero-order valence-electron chi connectivity index (χ0n) is 16.2. The van der Waals surface area contributed by atoms with Crippen LogP contribution >= 0.6 is 11.8 Å². The molecule has 3 aromatic carbocycles. The number of benzene rings is 3. The molecule has 0 radical (unpaired) electrons. The molecule has 144 valence electrons. The molecule has 0 spiro atoms. The van der Waals surface area contributed by atoms with Gasteiger partial charge in [0.05, 0.1) is 17.7 Å². The van der Waals surface area contributed by atoms with Gasteiger partial charge in [-0.2, -0.15) is 0 Å². The predicted molar refractivity (Wildman–Crippen MR) is 120 cm³/mol. The number of ether oxygens (including phenoxy) is 1. The molecule has 0 saturated carbocycles. The van der Waals surface area contributed by atoms with Crippen molar-refractivity contribution >= 4 is 34.6 Å². The quantitative estimate of drug-likeness (QED) is 0.536. The molecule has 0 unspecified atom stereocenters. The van der Waals surface area contributed by atoms with Crippen LogP contribution in [0.3, 0.4) is 0 Å². The maximum absolute atomic E-state index is 12.7. The van der Waals surface area contributed by atoms with Crippen molar-refractivity contribution in [1.82, 2.24) is 4.90 Å². The molecule has 0 aliphatic carbocycles. The van der Waals surface area contributed by atoms with Crippen molar-refractivity contribution in [1.29, 1.82) is 0 Å². The van der Waals surface area contributed by atoms with Crippen molar-refractivity contribution in [3.8, 4) is 16.9 Å². The van der Waals surface area contributed by atoms with E-state index in [9.17, 15) is 4.79 Å². The molecule has 3 aromatic rings. The average Bonchev–Trinajstić information content (AvgIpc) is 3.02. The first kappa shape index (κ1) is 19.0. The number of likely N-dealkylation sites (N-methyl/N-ethyl adjacent to an activating group) is 1. The summed E-state index contributed by atoms with van der Waals surface area (Å²) < 4.78 is 5.32. The molecule has 1 fully saturated rings. The van der Waals surface area contributed by atoms with Gasteiger partial charge in [0.2, 0.25) is 0 Å². The molecule has 0 aromatic heterocycles. The van der Waals surface area contributed by atoms with Gasteiger partial charge in [0.25, 0.3) is 5.91 Å². The number of amides is 1. The van der Waals surface area contributed by atoms with Crippen LogP contribution in [0.2, 0.25) is 0 Å². The smallest absolute Gasteiger partial charge is 0.266 e. The molecule has 0 bridgehead atoms. The average molecular weight is 401 g/mol. The molecule has 4 rings (SSSR count). The Kier molecular flexibility index (Phi) is 5.49. The third-order valence-electron chi connectivity index (χ3n) is 4.57. The molecule has 4 nitrogen and oxygen atoms in total. The zero-order valence-corrected chi connectivity index (χ0v) is 17.0. The number of carbonyl (C=O) groups excluding carboxylic acids is 1. The number of methoxy groups -OCH3 is 1. The van der Waals surface area contributed by atoms with Crippen LogP contribution in [0.5, 0.6) is 5.75 Å². The number of amidine groups is 1. The number of hydrogen-bond donors (Lipinski definition) is 0. The molecule has 1 aliphatic rings. The molecule has 29 heavy (non-hydrogen) atoms. The van der Waals surface area contributed by atoms with Crippen molar-refractivity contribution in [2.45, 2.75) is 0 Å². The van der Waals surface area contributed by atoms with E-state index in [1.54, 1.807) is 19.1 Å². The van der Waals surface area contributed by atoms with Gasteiger partial charge in [-0.25, -0.2) is 4.99 Å². The summed E-state index contributed by atoms with van der Waals surface area (Å²) in [6, 6.07) is 25.7. The highest BCUT2D eigenvalue weighted by molar-refractivity contribution is 8.18. The molecule has 0 atom stereocenters. The van der Waals surface area contributed by atoms with Crippen molar-refractivity contribution in [3.63, 3.8) is 0 Å². The number of carbonyl (C=O) groups is 1. The second-order valence-electron chi connectivity index (χ2n) is 6.56. The summed E-state index contributed by atoms with van der Waals surface area (Å²) in [6.07, 6.45) is 1.92. The predicted octanol–water partition coefficient (Wildman–Crippen LogP) is 5.60. The van der Waals surface area contributed by atoms with E-state index in [0.29, 0.717) is 10.1 Å². The van der Waals surface area contributed by atoms with Crippen LogP contribution in [-0.4, -0.2) is 30.1 Å². The third-order valence-corrected chi connectivity index (χ3v) is 5.63. The molecule has 1 heterocycles. The van der Waals surface area contributed by atoms with Gasteiger partial charge in [0, 0.05) is 7.05 Å². The van der Waals surface area contributed by atoms with Crippen LogP contribution in [0.15, 0.2) is 88.8 Å². The Bertz CT molecular complexity index is 1110. The second-order valence-corrected chi connectivity index (χ2v) is 7.57. The minimum Gasteiger partial charge on any atom is -0.497 e. The van der Waals surface area contributed by atoms with Gasteiger partial charge in [-0.1, -0.05) is 48.5 Å². The normalized spacial score (nSPS) is 16.6. The summed E-state index contributed by atoms with van der Waals surface area (Å²) in [5.74, 6) is 0.771. The van der Waals surface area contributed by atoms with Crippen LogP contribution in [0.4, 0.5) is 5.69 Å². The first-order valence-corrected chi connectivity index (χ1v) is 10.0. The molecular formula is C24H20N2O2S. The lowest BCUT2D eigenvalue weighted by molar-refractivity contribution is -0.121. The molecule has 0 N–H and O–H groups in total. The van der Waals surface area contributed by atoms with E-state index >= 15 is 0 Å². The first-order chi connectivity index (χ1) is 14.1. The Morgan fingerprint density at radius 2 is 1.66 bits per heavy atom. The Morgan fingerprint density at radius 1 is 0.931 bits per heavy atom. The number of rotatable bonds is 4. The highest BCUT2D eigenvalue weighted by Gasteiger charge is 2.30. The highest BCUT2D eigenvalue weighted by atomic mass is 32.2. The third kappa shape index (κ3) is 4.25. The molecule has 5 heteroatoms. The van der Waals surface area contributed by atoms with E-state index in [2.05, 4.69) is 17.1 Å². The van der Waals surface area contributed by atoms with Crippen LogP contribution in [0, 0.1) is 0 Å². The Labute approximate surface area is 174 Å². The van der Waals surface area contributed by atoms with Gasteiger partial charge in [-0.15, -0.1) is 0 Å². The van der Waals surface area contributed by atoms with Gasteiger partial charge in [0.15, 0.2) is 5.17 Å². The van der Waals surface area contributed by atoms with Gasteiger partial charge in [-0.05, 0) is 64.9 Å². The van der Waals surface area contributed by atoms with E-state index < -0.39 is 0 Å². The molecule has 1 saturated heterocycles. The summed E-state index contributed by atoms with van der Waals surface area (Å²) in [7, 11) is 3.42. The van der Waals surface area contributed by atoms with Crippen molar-refractivity contribution < 1.29 is 9.53 Å². The van der Waals surface area contributed by atoms with E-state index in [0.717, 1.165) is 28.1 Å². The fourth-order valence-electron chi connectivity index (χ4n) is 3.03. The van der Waals surface area contributed by atoms with Crippen LogP contribution < -0.4 is 4.74 Å². The van der Waals surface area contributed by atoms with Crippen molar-refractivity contribution in [2.24, 2.45) is 4.99 Å². The van der Waals surface area contributed by atoms with E-state index in [-0.39, 0.29) is 5.91 Å². The largest absolute Gasteiger partial charge is 0.497 e. The summed E-state index contributed by atoms with van der Waals surface area (Å²) in [6.45, 7) is 0. The first-order valence-electron chi connectivity index (χ1n) is 9.20. The van der Waals surface area contributed by atoms with E-state index in [1.807, 2.05) is 72.8 Å². The maximum atomic E-state index is 12.7.